The Morgan fingerprint density at radius 2 is 1.45 bits per heavy atom. The zero-order valence-corrected chi connectivity index (χ0v) is 28.8. The third kappa shape index (κ3) is 10.3. The van der Waals surface area contributed by atoms with E-state index < -0.39 is 0 Å². The van der Waals surface area contributed by atoms with E-state index in [1.54, 1.807) is 0 Å². The van der Waals surface area contributed by atoms with E-state index >= 15 is 0 Å². The van der Waals surface area contributed by atoms with Crippen molar-refractivity contribution < 1.29 is 14.3 Å². The number of amides is 2. The highest BCUT2D eigenvalue weighted by Gasteiger charge is 2.31. The first-order chi connectivity index (χ1) is 23.1. The second kappa shape index (κ2) is 18.8. The van der Waals surface area contributed by atoms with E-state index in [9.17, 15) is 9.59 Å². The van der Waals surface area contributed by atoms with Crippen LogP contribution in [-0.4, -0.2) is 61.0 Å². The second-order valence-electron chi connectivity index (χ2n) is 13.4. The molecule has 7 nitrogen and oxygen atoms in total. The van der Waals surface area contributed by atoms with Crippen LogP contribution in [0.4, 0.5) is 11.5 Å². The fourth-order valence-electron chi connectivity index (χ4n) is 7.02. The molecule has 47 heavy (non-hydrogen) atoms. The Hall–Kier alpha value is -3.45. The van der Waals surface area contributed by atoms with Gasteiger partial charge in [0.25, 0.3) is 0 Å². The van der Waals surface area contributed by atoms with E-state index in [0.29, 0.717) is 37.6 Å². The Bertz CT molecular complexity index is 1410. The molecule has 1 fully saturated rings. The Balaban J connectivity index is 0.988. The number of imide groups is 1. The molecule has 0 unspecified atom stereocenters. The molecule has 0 saturated carbocycles. The summed E-state index contributed by atoms with van der Waals surface area (Å²) in [5.41, 5.74) is 2.29. The van der Waals surface area contributed by atoms with Crippen molar-refractivity contribution in [1.29, 1.82) is 0 Å². The lowest BCUT2D eigenvalue weighted by atomic mass is 10.0. The number of nitrogens with zero attached hydrogens (tertiary/aromatic N) is 4. The number of aryl methyl sites for hydroxylation is 1. The van der Waals surface area contributed by atoms with Gasteiger partial charge in [0.1, 0.15) is 5.82 Å². The molecule has 254 valence electrons. The van der Waals surface area contributed by atoms with Crippen molar-refractivity contribution in [3.05, 3.63) is 60.2 Å². The molecule has 7 heteroatoms. The lowest BCUT2D eigenvalue weighted by Gasteiger charge is -2.36. The standard InChI is InChI=1S/C40H56N4O3/c1-2-3-4-5-6-7-8-9-10-11-12-22-38(45)44-39(46)26-24-34-23-25-37(41-40(34)44)47-32-16-15-27-42-28-30-43(31-29-42)36-21-17-19-33-18-13-14-20-35(33)36/h13-14,17-21,23,25H,2-12,15-16,22,24,26-32H2,1H3. The van der Waals surface area contributed by atoms with Gasteiger partial charge in [-0.1, -0.05) is 108 Å². The third-order valence-electron chi connectivity index (χ3n) is 9.84. The number of rotatable bonds is 19. The van der Waals surface area contributed by atoms with Gasteiger partial charge in [-0.3, -0.25) is 14.5 Å². The van der Waals surface area contributed by atoms with Gasteiger partial charge < -0.3 is 9.64 Å². The summed E-state index contributed by atoms with van der Waals surface area (Å²) in [4.78, 5) is 37.1. The smallest absolute Gasteiger partial charge is 0.235 e. The quantitative estimate of drug-likeness (QED) is 0.122. The van der Waals surface area contributed by atoms with E-state index in [1.807, 2.05) is 12.1 Å². The highest BCUT2D eigenvalue weighted by molar-refractivity contribution is 6.15. The molecule has 3 heterocycles. The molecule has 0 bridgehead atoms. The van der Waals surface area contributed by atoms with Crippen molar-refractivity contribution in [1.82, 2.24) is 9.88 Å². The van der Waals surface area contributed by atoms with Crippen LogP contribution in [0.5, 0.6) is 5.88 Å². The van der Waals surface area contributed by atoms with Crippen LogP contribution < -0.4 is 14.5 Å². The molecule has 2 amide bonds. The first kappa shape index (κ1) is 34.9. The molecule has 0 N–H and O–H groups in total. The van der Waals surface area contributed by atoms with Crippen LogP contribution in [0.3, 0.4) is 0 Å². The Labute approximate surface area is 282 Å². The zero-order valence-electron chi connectivity index (χ0n) is 28.8. The fraction of sp³-hybridized carbons (Fsp3) is 0.575. The van der Waals surface area contributed by atoms with Gasteiger partial charge in [0.05, 0.1) is 6.61 Å². The molecule has 2 aromatic carbocycles. The maximum absolute atomic E-state index is 13.2. The van der Waals surface area contributed by atoms with Crippen LogP contribution in [0.15, 0.2) is 54.6 Å². The molecular formula is C40H56N4O3. The normalized spacial score (nSPS) is 15.3. The molecule has 2 aliphatic heterocycles. The topological polar surface area (TPSA) is 66.0 Å². The molecule has 1 saturated heterocycles. The molecule has 1 aromatic heterocycles. The van der Waals surface area contributed by atoms with Gasteiger partial charge in [0.2, 0.25) is 17.7 Å². The lowest BCUT2D eigenvalue weighted by Crippen LogP contribution is -2.46. The van der Waals surface area contributed by atoms with Crippen LogP contribution in [0.1, 0.15) is 109 Å². The summed E-state index contributed by atoms with van der Waals surface area (Å²) < 4.78 is 6.03. The van der Waals surface area contributed by atoms with Crippen LogP contribution in [0, 0.1) is 0 Å². The van der Waals surface area contributed by atoms with Gasteiger partial charge in [-0.2, -0.15) is 4.98 Å². The van der Waals surface area contributed by atoms with E-state index in [0.717, 1.165) is 70.4 Å². The average molecular weight is 641 g/mol. The van der Waals surface area contributed by atoms with Gasteiger partial charge in [-0.25, -0.2) is 4.90 Å². The Morgan fingerprint density at radius 1 is 0.745 bits per heavy atom. The number of piperazine rings is 1. The van der Waals surface area contributed by atoms with Gasteiger partial charge >= 0.3 is 0 Å². The van der Waals surface area contributed by atoms with E-state index in [4.69, 9.17) is 4.74 Å². The number of ether oxygens (including phenoxy) is 1. The van der Waals surface area contributed by atoms with Crippen molar-refractivity contribution in [2.75, 3.05) is 49.1 Å². The number of unbranched alkanes of at least 4 members (excludes halogenated alkanes) is 11. The minimum atomic E-state index is -0.143. The van der Waals surface area contributed by atoms with Crippen molar-refractivity contribution in [2.24, 2.45) is 0 Å². The third-order valence-corrected chi connectivity index (χ3v) is 9.84. The predicted octanol–water partition coefficient (Wildman–Crippen LogP) is 8.72. The van der Waals surface area contributed by atoms with Gasteiger partial charge in [0.15, 0.2) is 0 Å². The Kier molecular flexibility index (Phi) is 13.9. The van der Waals surface area contributed by atoms with Crippen LogP contribution >= 0.6 is 0 Å². The summed E-state index contributed by atoms with van der Waals surface area (Å²) in [6.45, 7) is 8.09. The van der Waals surface area contributed by atoms with Crippen LogP contribution in [0.2, 0.25) is 0 Å². The van der Waals surface area contributed by atoms with Crippen molar-refractivity contribution in [2.45, 2.75) is 110 Å². The molecule has 5 rings (SSSR count). The Morgan fingerprint density at radius 3 is 2.21 bits per heavy atom. The van der Waals surface area contributed by atoms with Crippen molar-refractivity contribution >= 4 is 34.1 Å². The highest BCUT2D eigenvalue weighted by atomic mass is 16.5. The molecule has 2 aliphatic rings. The summed E-state index contributed by atoms with van der Waals surface area (Å²) in [5.74, 6) is 0.707. The SMILES string of the molecule is CCCCCCCCCCCCCC(=O)N1C(=O)CCc2ccc(OCCCCN3CCN(c4cccc5ccccc45)CC3)nc21. The van der Waals surface area contributed by atoms with E-state index in [2.05, 4.69) is 64.2 Å². The number of anilines is 2. The average Bonchev–Trinajstić information content (AvgIpc) is 3.10. The summed E-state index contributed by atoms with van der Waals surface area (Å²) >= 11 is 0. The first-order valence-electron chi connectivity index (χ1n) is 18.6. The number of aromatic nitrogens is 1. The van der Waals surface area contributed by atoms with Gasteiger partial charge in [0, 0.05) is 56.2 Å². The number of pyridine rings is 1. The summed E-state index contributed by atoms with van der Waals surface area (Å²) in [7, 11) is 0. The van der Waals surface area contributed by atoms with Crippen LogP contribution in [0.25, 0.3) is 10.8 Å². The number of fused-ring (bicyclic) bond motifs is 2. The number of benzene rings is 2. The maximum Gasteiger partial charge on any atom is 0.235 e. The maximum atomic E-state index is 13.2. The number of carbonyl (C=O) groups is 2. The highest BCUT2D eigenvalue weighted by Crippen LogP contribution is 2.30. The summed E-state index contributed by atoms with van der Waals surface area (Å²) in [6, 6.07) is 19.1. The van der Waals surface area contributed by atoms with Gasteiger partial charge in [-0.05, 0) is 55.3 Å². The molecule has 0 atom stereocenters. The lowest BCUT2D eigenvalue weighted by molar-refractivity contribution is -0.127. The van der Waals surface area contributed by atoms with Crippen LogP contribution in [-0.2, 0) is 16.0 Å². The minimum absolute atomic E-state index is 0.128. The summed E-state index contributed by atoms with van der Waals surface area (Å²) in [5, 5.41) is 2.63. The zero-order chi connectivity index (χ0) is 32.7. The van der Waals surface area contributed by atoms with Crippen molar-refractivity contribution in [3.63, 3.8) is 0 Å². The molecule has 0 spiro atoms. The fourth-order valence-corrected chi connectivity index (χ4v) is 7.02. The molecular weight excluding hydrogens is 584 g/mol. The number of hydrogen-bond acceptors (Lipinski definition) is 6. The van der Waals surface area contributed by atoms with Gasteiger partial charge in [-0.15, -0.1) is 0 Å². The minimum Gasteiger partial charge on any atom is -0.478 e. The summed E-state index contributed by atoms with van der Waals surface area (Å²) in [6.07, 6.45) is 16.9. The predicted molar refractivity (Wildman–Crippen MR) is 193 cm³/mol. The number of hydrogen-bond donors (Lipinski definition) is 0. The second-order valence-corrected chi connectivity index (χ2v) is 13.4. The first-order valence-corrected chi connectivity index (χ1v) is 18.6. The van der Waals surface area contributed by atoms with E-state index in [-0.39, 0.29) is 11.8 Å². The molecule has 3 aromatic rings. The molecule has 0 radical (unpaired) electrons. The van der Waals surface area contributed by atoms with E-state index in [1.165, 1.54) is 72.7 Å². The van der Waals surface area contributed by atoms with Crippen molar-refractivity contribution in [3.8, 4) is 5.88 Å². The molecule has 0 aliphatic carbocycles. The monoisotopic (exact) mass is 640 g/mol. The largest absolute Gasteiger partial charge is 0.478 e. The number of carbonyl (C=O) groups excluding carboxylic acids is 2.